The van der Waals surface area contributed by atoms with E-state index in [2.05, 4.69) is 30.5 Å². The Balaban J connectivity index is 0.00000280. The van der Waals surface area contributed by atoms with Crippen molar-refractivity contribution in [2.75, 3.05) is 25.1 Å². The Bertz CT molecular complexity index is 820. The monoisotopic (exact) mass is 521 g/mol. The van der Waals surface area contributed by atoms with Crippen LogP contribution < -0.4 is 15.4 Å². The fourth-order valence-corrected chi connectivity index (χ4v) is 5.24. The van der Waals surface area contributed by atoms with Crippen LogP contribution in [-0.4, -0.2) is 45.1 Å². The van der Waals surface area contributed by atoms with Gasteiger partial charge in [-0.3, -0.25) is 4.99 Å². The molecule has 6 nitrogen and oxygen atoms in total. The standard InChI is InChI=1S/C20H31N3O3S.HI/c1-5-21-18(22-13-20(10-11-20)14-27(4,24)25)23-16-12-19(2,3)26-17-9-7-6-8-15(16)17;/h6-9,16H,5,10-14H2,1-4H3,(H2,21,22,23);1H. The van der Waals surface area contributed by atoms with Crippen LogP contribution in [0.1, 0.15) is 51.6 Å². The Kier molecular flexibility index (Phi) is 7.28. The summed E-state index contributed by atoms with van der Waals surface area (Å²) in [5.41, 5.74) is 0.680. The number of halogens is 1. The maximum absolute atomic E-state index is 11.7. The number of hydrogen-bond donors (Lipinski definition) is 2. The zero-order valence-corrected chi connectivity index (χ0v) is 20.3. The Morgan fingerprint density at radius 1 is 1.29 bits per heavy atom. The molecule has 1 saturated carbocycles. The van der Waals surface area contributed by atoms with Gasteiger partial charge in [0.25, 0.3) is 0 Å². The smallest absolute Gasteiger partial charge is 0.191 e. The zero-order chi connectivity index (χ0) is 19.7. The molecule has 3 rings (SSSR count). The van der Waals surface area contributed by atoms with Crippen molar-refractivity contribution < 1.29 is 13.2 Å². The number of aliphatic imine (C=N–C) groups is 1. The molecule has 0 radical (unpaired) electrons. The van der Waals surface area contributed by atoms with E-state index in [1.807, 2.05) is 25.1 Å². The summed E-state index contributed by atoms with van der Waals surface area (Å²) in [5.74, 6) is 1.85. The summed E-state index contributed by atoms with van der Waals surface area (Å²) in [6.07, 6.45) is 3.98. The van der Waals surface area contributed by atoms with E-state index in [0.717, 1.165) is 43.1 Å². The second kappa shape index (κ2) is 8.77. The normalized spacial score (nSPS) is 22.3. The SMILES string of the molecule is CCNC(=NCC1(CS(C)(=O)=O)CC1)NC1CC(C)(C)Oc2ccccc21.I. The van der Waals surface area contributed by atoms with E-state index in [-0.39, 0.29) is 46.8 Å². The van der Waals surface area contributed by atoms with Gasteiger partial charge in [-0.05, 0) is 39.7 Å². The molecule has 0 amide bonds. The molecule has 158 valence electrons. The van der Waals surface area contributed by atoms with Crippen molar-refractivity contribution in [1.29, 1.82) is 0 Å². The summed E-state index contributed by atoms with van der Waals surface area (Å²) >= 11 is 0. The van der Waals surface area contributed by atoms with Gasteiger partial charge in [-0.1, -0.05) is 18.2 Å². The Hall–Kier alpha value is -1.03. The number of guanidine groups is 1. The van der Waals surface area contributed by atoms with Crippen LogP contribution in [0.25, 0.3) is 0 Å². The summed E-state index contributed by atoms with van der Waals surface area (Å²) < 4.78 is 29.5. The molecule has 0 saturated heterocycles. The molecule has 2 aliphatic rings. The van der Waals surface area contributed by atoms with E-state index >= 15 is 0 Å². The van der Waals surface area contributed by atoms with Crippen molar-refractivity contribution >= 4 is 39.8 Å². The van der Waals surface area contributed by atoms with Gasteiger partial charge < -0.3 is 15.4 Å². The molecule has 28 heavy (non-hydrogen) atoms. The Labute approximate surface area is 185 Å². The molecular formula is C20H32IN3O3S. The van der Waals surface area contributed by atoms with Gasteiger partial charge in [-0.15, -0.1) is 24.0 Å². The lowest BCUT2D eigenvalue weighted by Gasteiger charge is -2.38. The first-order valence-electron chi connectivity index (χ1n) is 9.62. The molecule has 1 heterocycles. The van der Waals surface area contributed by atoms with Crippen molar-refractivity contribution in [1.82, 2.24) is 10.6 Å². The first-order chi connectivity index (χ1) is 12.6. The van der Waals surface area contributed by atoms with E-state index in [4.69, 9.17) is 9.73 Å². The summed E-state index contributed by atoms with van der Waals surface area (Å²) in [6.45, 7) is 7.49. The van der Waals surface area contributed by atoms with Crippen LogP contribution in [0, 0.1) is 5.41 Å². The third kappa shape index (κ3) is 6.23. The van der Waals surface area contributed by atoms with Gasteiger partial charge in [0, 0.05) is 36.7 Å². The third-order valence-corrected chi connectivity index (χ3v) is 6.27. The number of rotatable bonds is 6. The molecule has 8 heteroatoms. The summed E-state index contributed by atoms with van der Waals surface area (Å²) in [7, 11) is -2.99. The molecule has 1 atom stereocenters. The van der Waals surface area contributed by atoms with Crippen molar-refractivity contribution in [2.24, 2.45) is 10.4 Å². The van der Waals surface area contributed by atoms with Gasteiger partial charge >= 0.3 is 0 Å². The predicted octanol–water partition coefficient (Wildman–Crippen LogP) is 3.29. The number of nitrogens with zero attached hydrogens (tertiary/aromatic N) is 1. The van der Waals surface area contributed by atoms with Crippen LogP contribution in [0.15, 0.2) is 29.3 Å². The molecule has 1 aliphatic carbocycles. The third-order valence-electron chi connectivity index (χ3n) is 5.13. The average Bonchev–Trinajstić information content (AvgIpc) is 3.29. The van der Waals surface area contributed by atoms with E-state index in [0.29, 0.717) is 6.54 Å². The lowest BCUT2D eigenvalue weighted by atomic mass is 9.90. The number of hydrogen-bond acceptors (Lipinski definition) is 4. The van der Waals surface area contributed by atoms with Crippen LogP contribution in [-0.2, 0) is 9.84 Å². The maximum atomic E-state index is 11.7. The topological polar surface area (TPSA) is 79.8 Å². The van der Waals surface area contributed by atoms with E-state index in [9.17, 15) is 8.42 Å². The molecule has 0 spiro atoms. The Morgan fingerprint density at radius 2 is 1.96 bits per heavy atom. The van der Waals surface area contributed by atoms with Crippen LogP contribution in [0.3, 0.4) is 0 Å². The number of benzene rings is 1. The maximum Gasteiger partial charge on any atom is 0.191 e. The van der Waals surface area contributed by atoms with Crippen molar-refractivity contribution in [3.05, 3.63) is 29.8 Å². The minimum absolute atomic E-state index is 0. The highest BCUT2D eigenvalue weighted by atomic mass is 127. The Morgan fingerprint density at radius 3 is 2.57 bits per heavy atom. The number of sulfone groups is 1. The van der Waals surface area contributed by atoms with Crippen molar-refractivity contribution in [3.63, 3.8) is 0 Å². The van der Waals surface area contributed by atoms with Crippen LogP contribution in [0.2, 0.25) is 0 Å². The summed E-state index contributed by atoms with van der Waals surface area (Å²) in [6, 6.07) is 8.18. The largest absolute Gasteiger partial charge is 0.487 e. The van der Waals surface area contributed by atoms with Crippen molar-refractivity contribution in [3.8, 4) is 5.75 Å². The highest BCUT2D eigenvalue weighted by Crippen LogP contribution is 2.47. The molecule has 1 unspecified atom stereocenters. The zero-order valence-electron chi connectivity index (χ0n) is 17.1. The fourth-order valence-electron chi connectivity index (χ4n) is 3.74. The highest BCUT2D eigenvalue weighted by Gasteiger charge is 2.45. The minimum Gasteiger partial charge on any atom is -0.487 e. The summed E-state index contributed by atoms with van der Waals surface area (Å²) in [5, 5.41) is 6.84. The molecule has 0 aromatic heterocycles. The first kappa shape index (κ1) is 23.3. The van der Waals surface area contributed by atoms with Gasteiger partial charge in [0.15, 0.2) is 5.96 Å². The number of fused-ring (bicyclic) bond motifs is 1. The second-order valence-corrected chi connectivity index (χ2v) is 10.7. The molecule has 2 N–H and O–H groups in total. The minimum atomic E-state index is -2.99. The average molecular weight is 521 g/mol. The van der Waals surface area contributed by atoms with Crippen LogP contribution in [0.5, 0.6) is 5.75 Å². The van der Waals surface area contributed by atoms with Gasteiger partial charge in [0.05, 0.1) is 11.8 Å². The van der Waals surface area contributed by atoms with Gasteiger partial charge in [0.2, 0.25) is 0 Å². The molecule has 1 aliphatic heterocycles. The lowest BCUT2D eigenvalue weighted by Crippen LogP contribution is -2.45. The fraction of sp³-hybridized carbons (Fsp3) is 0.650. The van der Waals surface area contributed by atoms with E-state index in [1.165, 1.54) is 6.26 Å². The highest BCUT2D eigenvalue weighted by molar-refractivity contribution is 14.0. The molecule has 1 aromatic rings. The molecular weight excluding hydrogens is 489 g/mol. The summed E-state index contributed by atoms with van der Waals surface area (Å²) in [4.78, 5) is 4.74. The molecule has 1 aromatic carbocycles. The van der Waals surface area contributed by atoms with E-state index in [1.54, 1.807) is 0 Å². The first-order valence-corrected chi connectivity index (χ1v) is 11.7. The van der Waals surface area contributed by atoms with Crippen molar-refractivity contribution in [2.45, 2.75) is 51.7 Å². The molecule has 0 bridgehead atoms. The number of para-hydroxylation sites is 1. The second-order valence-electron chi connectivity index (χ2n) is 8.57. The predicted molar refractivity (Wildman–Crippen MR) is 124 cm³/mol. The van der Waals surface area contributed by atoms with Gasteiger partial charge in [-0.25, -0.2) is 8.42 Å². The molecule has 1 fully saturated rings. The number of ether oxygens (including phenoxy) is 1. The lowest BCUT2D eigenvalue weighted by molar-refractivity contribution is 0.0694. The van der Waals surface area contributed by atoms with E-state index < -0.39 is 9.84 Å². The number of nitrogens with one attached hydrogen (secondary N) is 2. The van der Waals surface area contributed by atoms with Crippen LogP contribution in [0.4, 0.5) is 0 Å². The van der Waals surface area contributed by atoms with Crippen LogP contribution >= 0.6 is 24.0 Å². The quantitative estimate of drug-likeness (QED) is 0.341. The van der Waals surface area contributed by atoms with Gasteiger partial charge in [0.1, 0.15) is 21.2 Å². The van der Waals surface area contributed by atoms with Gasteiger partial charge in [-0.2, -0.15) is 0 Å².